The number of hydrogen-bond acceptors (Lipinski definition) is 28. The zero-order valence-corrected chi connectivity index (χ0v) is 77.3. The zero-order chi connectivity index (χ0) is 87.0. The van der Waals surface area contributed by atoms with Crippen LogP contribution in [0.5, 0.6) is 23.0 Å². The molecule has 8 heterocycles. The number of aryl methyl sites for hydroxylation is 1. The summed E-state index contributed by atoms with van der Waals surface area (Å²) in [6.45, 7) is 24.1. The van der Waals surface area contributed by atoms with E-state index < -0.39 is 36.5 Å². The van der Waals surface area contributed by atoms with Crippen molar-refractivity contribution < 1.29 is 45.9 Å². The number of piperazine rings is 1. The number of methoxy groups -OCH3 is 4. The van der Waals surface area contributed by atoms with Crippen LogP contribution in [0.15, 0.2) is 127 Å². The third-order valence-electron chi connectivity index (χ3n) is 24.6. The number of carbonyl (C=O) groups is 1. The maximum Gasteiger partial charge on any atom is 0.229 e. The Labute approximate surface area is 732 Å². The second-order valence-corrected chi connectivity index (χ2v) is 46.3. The van der Waals surface area contributed by atoms with Crippen molar-refractivity contribution in [3.8, 4) is 23.0 Å². The number of aromatic nitrogens is 6. The van der Waals surface area contributed by atoms with E-state index in [9.17, 15) is 26.9 Å². The number of nitrogens with two attached hydrogens (primary N) is 1. The van der Waals surface area contributed by atoms with Crippen LogP contribution in [0.4, 0.5) is 69.4 Å². The molecule has 656 valence electrons. The van der Waals surface area contributed by atoms with E-state index in [1.165, 1.54) is 58.3 Å². The van der Waals surface area contributed by atoms with Crippen LogP contribution in [-0.4, -0.2) is 258 Å². The highest BCUT2D eigenvalue weighted by atomic mass is 35.5. The third-order valence-corrected chi connectivity index (χ3v) is 35.4. The van der Waals surface area contributed by atoms with Gasteiger partial charge in [0.15, 0.2) is 27.3 Å². The van der Waals surface area contributed by atoms with Gasteiger partial charge in [-0.1, -0.05) is 66.0 Å². The number of carbonyl (C=O) groups excluding carboxylic acids is 1. The van der Waals surface area contributed by atoms with Gasteiger partial charge in [0.25, 0.3) is 0 Å². The number of benzene rings is 5. The number of likely N-dealkylation sites (N-methyl/N-ethyl adjacent to an activating group) is 1. The Kier molecular flexibility index (Phi) is 29.9. The molecule has 36 heteroatoms. The van der Waals surface area contributed by atoms with E-state index in [0.717, 1.165) is 111 Å². The van der Waals surface area contributed by atoms with Crippen LogP contribution in [0.25, 0.3) is 0 Å². The SMILES string of the molecule is CCN1CCP(=O)(c2ccc(Nc3nc(Nc4ccc(N5CCC(N6CCN(C)CC6)CC5)cc4OC)ncc3Cl)c(OC)c2)CC1.COc1cc(P(C)(C)=O)c(C)cc1Nc1ncc(Cl)c(Nc2ccccc2S(=O)(=O)C(C)C)n1.COc1cc(P2(=O)CCN(C3CCN(C)CC3)CC2)ccc1Nc1ncc(Cl)c(NC2C3C=CC(C3)C2C(N)=O)n1. The van der Waals surface area contributed by atoms with Crippen LogP contribution in [0.2, 0.25) is 15.1 Å². The third kappa shape index (κ3) is 21.6. The Morgan fingerprint density at radius 1 is 0.557 bits per heavy atom. The molecule has 0 radical (unpaired) electrons. The van der Waals surface area contributed by atoms with Crippen molar-refractivity contribution in [2.24, 2.45) is 23.5 Å². The summed E-state index contributed by atoms with van der Waals surface area (Å²) in [4.78, 5) is 53.8. The fraction of sp³-hybridized carbons (Fsp3) is 0.477. The molecule has 2 aliphatic carbocycles. The number of piperidine rings is 2. The number of nitrogens with one attached hydrogen (secondary N) is 6. The number of hydrogen-bond donors (Lipinski definition) is 7. The summed E-state index contributed by atoms with van der Waals surface area (Å²) >= 11 is 19.3. The van der Waals surface area contributed by atoms with E-state index in [4.69, 9.17) is 59.5 Å². The van der Waals surface area contributed by atoms with E-state index in [1.807, 2.05) is 55.5 Å². The normalized spacial score (nSPS) is 20.4. The molecule has 5 aromatic carbocycles. The van der Waals surface area contributed by atoms with E-state index in [2.05, 4.69) is 137 Å². The Balaban J connectivity index is 0.000000160. The lowest BCUT2D eigenvalue weighted by Gasteiger charge is -2.42. The number of nitrogens with zero attached hydrogens (tertiary/aromatic N) is 12. The van der Waals surface area contributed by atoms with Crippen molar-refractivity contribution >= 4 is 157 Å². The summed E-state index contributed by atoms with van der Waals surface area (Å²) < 4.78 is 88.7. The fourth-order valence-electron chi connectivity index (χ4n) is 17.3. The summed E-state index contributed by atoms with van der Waals surface area (Å²) in [6.07, 6.45) is 17.1. The molecule has 8 N–H and O–H groups in total. The summed E-state index contributed by atoms with van der Waals surface area (Å²) in [5, 5.41) is 22.1. The van der Waals surface area contributed by atoms with Crippen LogP contribution >= 0.6 is 56.2 Å². The monoisotopic (exact) mass is 1800 g/mol. The van der Waals surface area contributed by atoms with Crippen molar-refractivity contribution in [2.45, 2.75) is 88.1 Å². The van der Waals surface area contributed by atoms with E-state index in [-0.39, 0.29) is 51.4 Å². The molecule has 6 fully saturated rings. The number of likely N-dealkylation sites (tertiary alicyclic amines) is 1. The number of halogens is 3. The average molecular weight is 1810 g/mol. The van der Waals surface area contributed by atoms with Crippen LogP contribution in [0.3, 0.4) is 0 Å². The van der Waals surface area contributed by atoms with Crippen LogP contribution in [0, 0.1) is 24.7 Å². The van der Waals surface area contributed by atoms with Gasteiger partial charge in [0.2, 0.25) is 23.8 Å². The molecule has 3 aromatic heterocycles. The number of allylic oxidation sites excluding steroid dienone is 1. The van der Waals surface area contributed by atoms with Crippen LogP contribution < -0.4 is 77.4 Å². The molecule has 4 atom stereocenters. The molecule has 2 bridgehead atoms. The number of ether oxygens (including phenoxy) is 4. The first-order valence-corrected chi connectivity index (χ1v) is 51.1. The van der Waals surface area contributed by atoms with E-state index in [0.29, 0.717) is 116 Å². The minimum atomic E-state index is -3.53. The quantitative estimate of drug-likeness (QED) is 0.0196. The number of primary amides is 1. The highest BCUT2D eigenvalue weighted by molar-refractivity contribution is 7.92. The van der Waals surface area contributed by atoms with Gasteiger partial charge in [-0.3, -0.25) is 14.6 Å². The molecule has 8 aromatic rings. The van der Waals surface area contributed by atoms with Gasteiger partial charge in [-0.2, -0.15) is 15.0 Å². The maximum absolute atomic E-state index is 14.0. The van der Waals surface area contributed by atoms with Crippen molar-refractivity contribution in [3.63, 3.8) is 0 Å². The number of rotatable bonds is 26. The van der Waals surface area contributed by atoms with Gasteiger partial charge in [-0.05, 0) is 190 Å². The van der Waals surface area contributed by atoms with Gasteiger partial charge >= 0.3 is 0 Å². The summed E-state index contributed by atoms with van der Waals surface area (Å²) in [6, 6.07) is 28.9. The fourth-order valence-corrected chi connectivity index (χ4v) is 25.5. The number of fused-ring (bicyclic) bond motifs is 2. The van der Waals surface area contributed by atoms with E-state index >= 15 is 0 Å². The smallest absolute Gasteiger partial charge is 0.229 e. The molecule has 7 aliphatic rings. The molecule has 4 unspecified atom stereocenters. The van der Waals surface area contributed by atoms with Gasteiger partial charge in [-0.15, -0.1) is 0 Å². The first-order valence-electron chi connectivity index (χ1n) is 41.6. The van der Waals surface area contributed by atoms with Crippen molar-refractivity contribution in [1.29, 1.82) is 0 Å². The van der Waals surface area contributed by atoms with E-state index in [1.54, 1.807) is 85.0 Å². The van der Waals surface area contributed by atoms with Crippen molar-refractivity contribution in [1.82, 2.24) is 54.4 Å². The van der Waals surface area contributed by atoms with Gasteiger partial charge < -0.3 is 89.9 Å². The number of sulfone groups is 1. The van der Waals surface area contributed by atoms with Crippen molar-refractivity contribution in [2.75, 3.05) is 202 Å². The average Bonchev–Trinajstić information content (AvgIpc) is 1.54. The second kappa shape index (κ2) is 39.9. The molecule has 5 saturated heterocycles. The molecule has 122 heavy (non-hydrogen) atoms. The summed E-state index contributed by atoms with van der Waals surface area (Å²) in [5.74, 6) is 4.13. The molecular weight excluding hydrogens is 1690 g/mol. The van der Waals surface area contributed by atoms with Crippen molar-refractivity contribution in [3.05, 3.63) is 142 Å². The minimum Gasteiger partial charge on any atom is -0.495 e. The zero-order valence-electron chi connectivity index (χ0n) is 71.6. The lowest BCUT2D eigenvalue weighted by molar-refractivity contribution is -0.122. The lowest BCUT2D eigenvalue weighted by Crippen LogP contribution is -2.52. The van der Waals surface area contributed by atoms with Crippen LogP contribution in [0.1, 0.15) is 58.4 Å². The predicted molar refractivity (Wildman–Crippen MR) is 495 cm³/mol. The topological polar surface area (TPSA) is 334 Å². The maximum atomic E-state index is 14.0. The second-order valence-electron chi connectivity index (χ2n) is 33.0. The number of anilines is 12. The lowest BCUT2D eigenvalue weighted by atomic mass is 9.88. The highest BCUT2D eigenvalue weighted by Crippen LogP contribution is 2.51. The molecule has 0 spiro atoms. The van der Waals surface area contributed by atoms with Gasteiger partial charge in [0.05, 0.1) is 91.5 Å². The number of para-hydroxylation sites is 1. The Bertz CT molecular complexity index is 5340. The Morgan fingerprint density at radius 3 is 1.53 bits per heavy atom. The molecular formula is C86H115Cl3N19O10P3S. The molecule has 5 aliphatic heterocycles. The molecule has 1 amide bonds. The number of amides is 1. The Hall–Kier alpha value is -8.34. The van der Waals surface area contributed by atoms with Gasteiger partial charge in [-0.25, -0.2) is 23.4 Å². The first kappa shape index (κ1) is 91.4. The molecule has 1 saturated carbocycles. The minimum absolute atomic E-state index is 0.143. The molecule has 29 nitrogen and oxygen atoms in total. The largest absolute Gasteiger partial charge is 0.495 e. The molecule has 15 rings (SSSR count). The summed E-state index contributed by atoms with van der Waals surface area (Å²) in [5.41, 5.74) is 10.8. The highest BCUT2D eigenvalue weighted by Gasteiger charge is 2.48. The van der Waals surface area contributed by atoms with Gasteiger partial charge in [0.1, 0.15) is 59.5 Å². The summed E-state index contributed by atoms with van der Waals surface area (Å²) in [7, 11) is -0.218. The Morgan fingerprint density at radius 2 is 1.01 bits per heavy atom. The van der Waals surface area contributed by atoms with Crippen LogP contribution in [-0.2, 0) is 28.3 Å². The van der Waals surface area contributed by atoms with Gasteiger partial charge in [0, 0.05) is 136 Å². The first-order chi connectivity index (χ1) is 58.4. The predicted octanol–water partition coefficient (Wildman–Crippen LogP) is 13.9. The standard InChI is InChI=1S/C34H48ClN8O3P.C29H39ClN7O3P.C23H28ClN4O4PS/c1-5-41-18-20-47(44,21-19-41)27-7-9-29(32(23-27)46-4)37-33-28(35)24-36-34(39-33)38-30-8-6-26(22-31(30)45-3)42-12-10-25(11-13-42)43-16-14-40(2)15-17-43;1-36-9-7-20(8-10-36)37-11-13-41(39,14-12-37)21-5-6-23(24(16-21)40-2)33-29-32-17-22(30)28(35-29)34-26-19-4-3-18(15-19)25(26)27(31)38;1-14(2)34(30,31)21-10-8-7-9-17(21)26-22-16(24)13-25-23(28-22)27-18-11-15(3)20(33(5,6)29)12-19(18)32-4/h6-9,22-25H,5,10-21H2,1-4H3,(H2,36,37,38,39);3-6,16-20,25-26H,7-15H2,1-2H3,(H2,31,38)(H2,32,33,34,35);7-14H,1-6H3,(H2,25,26,27,28).